The molecule has 37 heavy (non-hydrogen) atoms. The number of alkyl halides is 3. The number of halogens is 5. The molecule has 2 aromatic rings. The van der Waals surface area contributed by atoms with Crippen LogP contribution >= 0.6 is 11.6 Å². The van der Waals surface area contributed by atoms with E-state index < -0.39 is 42.9 Å². The molecule has 0 spiro atoms. The fourth-order valence-corrected chi connectivity index (χ4v) is 5.30. The molecule has 1 N–H and O–H groups in total. The second-order valence-corrected chi connectivity index (χ2v) is 9.95. The number of hydrogen-bond donors (Lipinski definition) is 1. The summed E-state index contributed by atoms with van der Waals surface area (Å²) in [6.07, 6.45) is -3.44. The van der Waals surface area contributed by atoms with Gasteiger partial charge in [0.25, 0.3) is 0 Å². The van der Waals surface area contributed by atoms with Crippen molar-refractivity contribution in [1.29, 1.82) is 0 Å². The van der Waals surface area contributed by atoms with Crippen molar-refractivity contribution in [3.63, 3.8) is 0 Å². The molecule has 2 aliphatic rings. The summed E-state index contributed by atoms with van der Waals surface area (Å²) < 4.78 is 66.1. The van der Waals surface area contributed by atoms with Crippen molar-refractivity contribution in [2.75, 3.05) is 36.5 Å². The molecular weight excluding hydrogens is 518 g/mol. The van der Waals surface area contributed by atoms with Gasteiger partial charge in [-0.1, -0.05) is 18.5 Å². The van der Waals surface area contributed by atoms with Crippen LogP contribution in [0, 0.1) is 17.7 Å². The van der Waals surface area contributed by atoms with E-state index in [1.807, 2.05) is 6.92 Å². The first-order valence-electron chi connectivity index (χ1n) is 11.9. The highest BCUT2D eigenvalue weighted by Gasteiger charge is 2.48. The number of hydrogen-bond acceptors (Lipinski definition) is 6. The first-order valence-corrected chi connectivity index (χ1v) is 12.3. The summed E-state index contributed by atoms with van der Waals surface area (Å²) in [6, 6.07) is 4.88. The van der Waals surface area contributed by atoms with E-state index in [-0.39, 0.29) is 29.9 Å². The summed E-state index contributed by atoms with van der Waals surface area (Å²) in [5, 5.41) is 9.63. The van der Waals surface area contributed by atoms with E-state index >= 15 is 4.39 Å². The number of carboxylic acids is 1. The molecule has 0 radical (unpaired) electrons. The molecule has 1 aromatic heterocycles. The standard InChI is InChI=1S/C25H28ClF4N3O4/c1-14-12-32(20-10-23(36-2)31-11-18(20)26)6-5-21(14)37-22-4-3-16(8-19(22)27)33-13-15(25(28,29)30)7-17(33)9-24(34)35/h3-4,8,10-11,14-15,17,21H,5-7,9,12-13H2,1-2H3,(H,34,35). The Morgan fingerprint density at radius 2 is 2.03 bits per heavy atom. The number of aromatic nitrogens is 1. The minimum Gasteiger partial charge on any atom is -0.487 e. The molecule has 0 aliphatic carbocycles. The van der Waals surface area contributed by atoms with Crippen molar-refractivity contribution < 1.29 is 36.9 Å². The smallest absolute Gasteiger partial charge is 0.393 e. The van der Waals surface area contributed by atoms with E-state index in [2.05, 4.69) is 9.88 Å². The molecule has 0 saturated carbocycles. The number of rotatable bonds is 7. The Morgan fingerprint density at radius 3 is 2.65 bits per heavy atom. The molecule has 4 atom stereocenters. The van der Waals surface area contributed by atoms with Gasteiger partial charge in [-0.25, -0.2) is 9.37 Å². The zero-order valence-corrected chi connectivity index (χ0v) is 21.1. The predicted molar refractivity (Wildman–Crippen MR) is 130 cm³/mol. The molecule has 1 aromatic carbocycles. The monoisotopic (exact) mass is 545 g/mol. The van der Waals surface area contributed by atoms with Crippen LogP contribution in [-0.4, -0.2) is 61.1 Å². The summed E-state index contributed by atoms with van der Waals surface area (Å²) in [5.41, 5.74) is 0.986. The van der Waals surface area contributed by atoms with Crippen LogP contribution in [0.2, 0.25) is 5.02 Å². The maximum absolute atomic E-state index is 15.0. The van der Waals surface area contributed by atoms with E-state index in [1.54, 1.807) is 6.07 Å². The van der Waals surface area contributed by atoms with Crippen LogP contribution in [0.15, 0.2) is 30.5 Å². The molecule has 2 fully saturated rings. The zero-order chi connectivity index (χ0) is 26.9. The highest BCUT2D eigenvalue weighted by Crippen LogP contribution is 2.41. The van der Waals surface area contributed by atoms with Crippen LogP contribution in [0.1, 0.15) is 26.2 Å². The third kappa shape index (κ3) is 6.14. The minimum absolute atomic E-state index is 0.000911. The van der Waals surface area contributed by atoms with Gasteiger partial charge in [0.1, 0.15) is 6.10 Å². The number of methoxy groups -OCH3 is 1. The number of piperidine rings is 1. The third-order valence-corrected chi connectivity index (χ3v) is 7.29. The van der Waals surface area contributed by atoms with Gasteiger partial charge in [-0.2, -0.15) is 13.2 Å². The number of pyridine rings is 1. The lowest BCUT2D eigenvalue weighted by Gasteiger charge is -2.38. The fraction of sp³-hybridized carbons (Fsp3) is 0.520. The van der Waals surface area contributed by atoms with Gasteiger partial charge < -0.3 is 24.4 Å². The summed E-state index contributed by atoms with van der Waals surface area (Å²) in [4.78, 5) is 18.7. The second kappa shape index (κ2) is 10.8. The third-order valence-electron chi connectivity index (χ3n) is 7.00. The van der Waals surface area contributed by atoms with Crippen LogP contribution in [0.25, 0.3) is 0 Å². The Balaban J connectivity index is 1.44. The Kier molecular flexibility index (Phi) is 7.91. The second-order valence-electron chi connectivity index (χ2n) is 9.54. The van der Waals surface area contributed by atoms with Crippen molar-refractivity contribution in [2.24, 2.45) is 11.8 Å². The summed E-state index contributed by atoms with van der Waals surface area (Å²) in [6.45, 7) is 2.76. The molecule has 0 amide bonds. The van der Waals surface area contributed by atoms with Gasteiger partial charge in [-0.05, 0) is 18.6 Å². The molecular formula is C25H28ClF4N3O4. The minimum atomic E-state index is -4.45. The van der Waals surface area contributed by atoms with Crippen molar-refractivity contribution in [3.05, 3.63) is 41.3 Å². The maximum atomic E-state index is 15.0. The van der Waals surface area contributed by atoms with Gasteiger partial charge >= 0.3 is 12.1 Å². The van der Waals surface area contributed by atoms with Crippen molar-refractivity contribution in [1.82, 2.24) is 4.98 Å². The van der Waals surface area contributed by atoms with Crippen molar-refractivity contribution in [2.45, 2.75) is 44.5 Å². The van der Waals surface area contributed by atoms with Crippen LogP contribution in [-0.2, 0) is 4.79 Å². The van der Waals surface area contributed by atoms with Crippen molar-refractivity contribution >= 4 is 28.9 Å². The molecule has 4 unspecified atom stereocenters. The van der Waals surface area contributed by atoms with E-state index in [1.165, 1.54) is 30.3 Å². The SMILES string of the molecule is COc1cc(N2CCC(Oc3ccc(N4CC(C(F)(F)F)CC4CC(=O)O)cc3F)C(C)C2)c(Cl)cn1. The van der Waals surface area contributed by atoms with Crippen LogP contribution < -0.4 is 19.3 Å². The number of benzene rings is 1. The van der Waals surface area contributed by atoms with E-state index in [9.17, 15) is 18.0 Å². The highest BCUT2D eigenvalue weighted by molar-refractivity contribution is 6.33. The molecule has 4 rings (SSSR count). The summed E-state index contributed by atoms with van der Waals surface area (Å²) in [7, 11) is 1.52. The van der Waals surface area contributed by atoms with Crippen LogP contribution in [0.4, 0.5) is 28.9 Å². The number of carboxylic acid groups (broad SMARTS) is 1. The van der Waals surface area contributed by atoms with Gasteiger partial charge in [0.05, 0.1) is 36.4 Å². The number of carbonyl (C=O) groups is 1. The normalized spacial score (nSPS) is 24.3. The van der Waals surface area contributed by atoms with Gasteiger partial charge in [-0.15, -0.1) is 0 Å². The van der Waals surface area contributed by atoms with E-state index in [0.717, 1.165) is 11.8 Å². The van der Waals surface area contributed by atoms with E-state index in [4.69, 9.17) is 26.2 Å². The van der Waals surface area contributed by atoms with Gasteiger partial charge in [0, 0.05) is 55.8 Å². The average molecular weight is 546 g/mol. The lowest BCUT2D eigenvalue weighted by Crippen LogP contribution is -2.44. The average Bonchev–Trinajstić information content (AvgIpc) is 3.25. The molecule has 202 valence electrons. The van der Waals surface area contributed by atoms with E-state index in [0.29, 0.717) is 30.4 Å². The first kappa shape index (κ1) is 27.1. The molecule has 12 heteroatoms. The summed E-state index contributed by atoms with van der Waals surface area (Å²) in [5.74, 6) is -3.13. The number of nitrogens with zero attached hydrogens (tertiary/aromatic N) is 3. The largest absolute Gasteiger partial charge is 0.487 e. The number of ether oxygens (including phenoxy) is 2. The molecule has 2 saturated heterocycles. The molecule has 0 bridgehead atoms. The number of anilines is 2. The fourth-order valence-electron chi connectivity index (χ4n) is 5.07. The predicted octanol–water partition coefficient (Wildman–Crippen LogP) is 5.41. The topological polar surface area (TPSA) is 75.1 Å². The molecule has 3 heterocycles. The Labute approximate surface area is 216 Å². The zero-order valence-electron chi connectivity index (χ0n) is 20.3. The van der Waals surface area contributed by atoms with Crippen molar-refractivity contribution in [3.8, 4) is 11.6 Å². The first-order chi connectivity index (χ1) is 17.5. The lowest BCUT2D eigenvalue weighted by atomic mass is 9.96. The lowest BCUT2D eigenvalue weighted by molar-refractivity contribution is -0.169. The van der Waals surface area contributed by atoms with Crippen LogP contribution in [0.3, 0.4) is 0 Å². The van der Waals surface area contributed by atoms with Gasteiger partial charge in [0.2, 0.25) is 5.88 Å². The Morgan fingerprint density at radius 1 is 1.27 bits per heavy atom. The summed E-state index contributed by atoms with van der Waals surface area (Å²) >= 11 is 6.32. The van der Waals surface area contributed by atoms with Crippen LogP contribution in [0.5, 0.6) is 11.6 Å². The number of aliphatic carboxylic acids is 1. The Hall–Kier alpha value is -2.95. The maximum Gasteiger partial charge on any atom is 0.393 e. The van der Waals surface area contributed by atoms with Gasteiger partial charge in [-0.3, -0.25) is 4.79 Å². The quantitative estimate of drug-likeness (QED) is 0.466. The molecule has 7 nitrogen and oxygen atoms in total. The Bertz CT molecular complexity index is 1140. The molecule has 2 aliphatic heterocycles. The van der Waals surface area contributed by atoms with Gasteiger partial charge in [0.15, 0.2) is 11.6 Å². The highest BCUT2D eigenvalue weighted by atomic mass is 35.5.